The van der Waals surface area contributed by atoms with Crippen molar-refractivity contribution in [3.8, 4) is 5.75 Å². The van der Waals surface area contributed by atoms with Gasteiger partial charge in [-0.05, 0) is 38.1 Å². The Morgan fingerprint density at radius 3 is 2.30 bits per heavy atom. The van der Waals surface area contributed by atoms with Gasteiger partial charge in [0.1, 0.15) is 11.8 Å². The fourth-order valence-corrected chi connectivity index (χ4v) is 2.07. The van der Waals surface area contributed by atoms with Crippen LogP contribution in [0.5, 0.6) is 5.75 Å². The summed E-state index contributed by atoms with van der Waals surface area (Å²) in [4.78, 5) is 12.9. The number of aliphatic carboxylic acids is 1. The van der Waals surface area contributed by atoms with Crippen LogP contribution < -0.4 is 4.74 Å². The zero-order chi connectivity index (χ0) is 15.3. The molecule has 1 rings (SSSR count). The molecule has 1 aromatic rings. The number of likely N-dealkylation sites (N-methyl/N-ethyl adjacent to an activating group) is 1. The standard InChI is InChI=1S/C14H19F2NO3/c1-4-12(13(18)19)17(3)9(2)10-5-7-11(8-6-10)20-14(15)16/h5-9,12,14H,4H2,1-3H3,(H,18,19). The Bertz CT molecular complexity index is 437. The molecule has 6 heteroatoms. The molecule has 0 radical (unpaired) electrons. The number of carboxylic acid groups (broad SMARTS) is 1. The summed E-state index contributed by atoms with van der Waals surface area (Å²) in [6.07, 6.45) is 0.489. The van der Waals surface area contributed by atoms with E-state index in [1.54, 1.807) is 24.1 Å². The lowest BCUT2D eigenvalue weighted by atomic mass is 10.0. The third-order valence-electron chi connectivity index (χ3n) is 3.36. The molecule has 1 N–H and O–H groups in total. The van der Waals surface area contributed by atoms with Crippen LogP contribution in [-0.4, -0.2) is 35.7 Å². The highest BCUT2D eigenvalue weighted by molar-refractivity contribution is 5.73. The van der Waals surface area contributed by atoms with Crippen molar-refractivity contribution in [1.29, 1.82) is 0 Å². The van der Waals surface area contributed by atoms with Gasteiger partial charge in [-0.3, -0.25) is 9.69 Å². The molecule has 2 atom stereocenters. The number of nitrogens with zero attached hydrogens (tertiary/aromatic N) is 1. The predicted octanol–water partition coefficient (Wildman–Crippen LogP) is 3.14. The van der Waals surface area contributed by atoms with Gasteiger partial charge in [0, 0.05) is 6.04 Å². The number of ether oxygens (including phenoxy) is 1. The summed E-state index contributed by atoms with van der Waals surface area (Å²) in [6.45, 7) is 0.827. The van der Waals surface area contributed by atoms with Gasteiger partial charge in [-0.1, -0.05) is 19.1 Å². The van der Waals surface area contributed by atoms with E-state index in [2.05, 4.69) is 4.74 Å². The van der Waals surface area contributed by atoms with E-state index >= 15 is 0 Å². The minimum Gasteiger partial charge on any atom is -0.480 e. The monoisotopic (exact) mass is 287 g/mol. The second-order valence-corrected chi connectivity index (χ2v) is 4.55. The number of hydrogen-bond donors (Lipinski definition) is 1. The molecule has 0 spiro atoms. The maximum absolute atomic E-state index is 12.1. The van der Waals surface area contributed by atoms with E-state index in [9.17, 15) is 13.6 Å². The molecule has 0 saturated heterocycles. The minimum absolute atomic E-state index is 0.0869. The van der Waals surface area contributed by atoms with Crippen molar-refractivity contribution >= 4 is 5.97 Å². The second kappa shape index (κ2) is 7.19. The normalized spacial score (nSPS) is 14.3. The molecule has 0 amide bonds. The second-order valence-electron chi connectivity index (χ2n) is 4.55. The summed E-state index contributed by atoms with van der Waals surface area (Å²) in [5.74, 6) is -0.789. The molecule has 0 saturated carbocycles. The SMILES string of the molecule is CCC(C(=O)O)N(C)C(C)c1ccc(OC(F)F)cc1. The van der Waals surface area contributed by atoms with Crippen molar-refractivity contribution in [1.82, 2.24) is 4.90 Å². The third kappa shape index (κ3) is 4.16. The van der Waals surface area contributed by atoms with Gasteiger partial charge in [-0.2, -0.15) is 8.78 Å². The van der Waals surface area contributed by atoms with Crippen molar-refractivity contribution < 1.29 is 23.4 Å². The summed E-state index contributed by atoms with van der Waals surface area (Å²) >= 11 is 0. The molecule has 2 unspecified atom stereocenters. The van der Waals surface area contributed by atoms with Crippen LogP contribution in [0.4, 0.5) is 8.78 Å². The summed E-state index contributed by atoms with van der Waals surface area (Å²) in [5.41, 5.74) is 0.841. The highest BCUT2D eigenvalue weighted by Gasteiger charge is 2.25. The van der Waals surface area contributed by atoms with Gasteiger partial charge < -0.3 is 9.84 Å². The van der Waals surface area contributed by atoms with Crippen molar-refractivity contribution in [3.05, 3.63) is 29.8 Å². The molecular weight excluding hydrogens is 268 g/mol. The molecule has 0 aliphatic rings. The van der Waals surface area contributed by atoms with Gasteiger partial charge in [0.25, 0.3) is 0 Å². The Balaban J connectivity index is 2.81. The van der Waals surface area contributed by atoms with Crippen LogP contribution in [0.15, 0.2) is 24.3 Å². The quantitative estimate of drug-likeness (QED) is 0.837. The minimum atomic E-state index is -2.85. The summed E-state index contributed by atoms with van der Waals surface area (Å²) in [7, 11) is 1.73. The zero-order valence-electron chi connectivity index (χ0n) is 11.7. The molecular formula is C14H19F2NO3. The lowest BCUT2D eigenvalue weighted by molar-refractivity contribution is -0.143. The largest absolute Gasteiger partial charge is 0.480 e. The zero-order valence-corrected chi connectivity index (χ0v) is 11.7. The summed E-state index contributed by atoms with van der Waals surface area (Å²) in [6, 6.07) is 5.50. The van der Waals surface area contributed by atoms with Crippen LogP contribution in [0, 0.1) is 0 Å². The van der Waals surface area contributed by atoms with Crippen molar-refractivity contribution in [2.24, 2.45) is 0 Å². The van der Waals surface area contributed by atoms with Gasteiger partial charge in [-0.25, -0.2) is 0 Å². The molecule has 0 heterocycles. The Labute approximate surface area is 117 Å². The lowest BCUT2D eigenvalue weighted by Gasteiger charge is -2.30. The first-order chi connectivity index (χ1) is 9.36. The molecule has 112 valence electrons. The highest BCUT2D eigenvalue weighted by Crippen LogP contribution is 2.24. The van der Waals surface area contributed by atoms with Crippen LogP contribution in [0.25, 0.3) is 0 Å². The highest BCUT2D eigenvalue weighted by atomic mass is 19.3. The molecule has 0 aliphatic heterocycles. The molecule has 4 nitrogen and oxygen atoms in total. The summed E-state index contributed by atoms with van der Waals surface area (Å²) in [5, 5.41) is 9.14. The van der Waals surface area contributed by atoms with E-state index in [4.69, 9.17) is 5.11 Å². The van der Waals surface area contributed by atoms with Gasteiger partial charge in [-0.15, -0.1) is 0 Å². The first kappa shape index (κ1) is 16.4. The van der Waals surface area contributed by atoms with Crippen LogP contribution in [0.2, 0.25) is 0 Å². The van der Waals surface area contributed by atoms with Crippen LogP contribution >= 0.6 is 0 Å². The molecule has 20 heavy (non-hydrogen) atoms. The molecule has 0 fully saturated rings. The summed E-state index contributed by atoms with van der Waals surface area (Å²) < 4.78 is 28.4. The Morgan fingerprint density at radius 1 is 1.35 bits per heavy atom. The first-order valence-corrected chi connectivity index (χ1v) is 6.36. The number of carboxylic acids is 1. The maximum Gasteiger partial charge on any atom is 0.387 e. The van der Waals surface area contributed by atoms with E-state index in [0.717, 1.165) is 5.56 Å². The van der Waals surface area contributed by atoms with Crippen molar-refractivity contribution in [2.45, 2.75) is 39.0 Å². The Morgan fingerprint density at radius 2 is 1.90 bits per heavy atom. The average Bonchev–Trinajstić information content (AvgIpc) is 2.38. The number of halogens is 2. The van der Waals surface area contributed by atoms with E-state index in [0.29, 0.717) is 6.42 Å². The smallest absolute Gasteiger partial charge is 0.387 e. The fourth-order valence-electron chi connectivity index (χ4n) is 2.07. The molecule has 1 aromatic carbocycles. The van der Waals surface area contributed by atoms with Gasteiger partial charge >= 0.3 is 12.6 Å². The van der Waals surface area contributed by atoms with Gasteiger partial charge in [0.2, 0.25) is 0 Å². The van der Waals surface area contributed by atoms with E-state index in [1.807, 2.05) is 13.8 Å². The van der Waals surface area contributed by atoms with Crippen LogP contribution in [-0.2, 0) is 4.79 Å². The molecule has 0 aliphatic carbocycles. The Hall–Kier alpha value is -1.69. The third-order valence-corrected chi connectivity index (χ3v) is 3.36. The average molecular weight is 287 g/mol. The van der Waals surface area contributed by atoms with Crippen molar-refractivity contribution in [3.63, 3.8) is 0 Å². The molecule has 0 aromatic heterocycles. The molecule has 0 bridgehead atoms. The topological polar surface area (TPSA) is 49.8 Å². The number of hydrogen-bond acceptors (Lipinski definition) is 3. The van der Waals surface area contributed by atoms with E-state index < -0.39 is 18.6 Å². The first-order valence-electron chi connectivity index (χ1n) is 6.36. The lowest BCUT2D eigenvalue weighted by Crippen LogP contribution is -2.39. The van der Waals surface area contributed by atoms with Crippen LogP contribution in [0.3, 0.4) is 0 Å². The predicted molar refractivity (Wildman–Crippen MR) is 71.0 cm³/mol. The Kier molecular flexibility index (Phi) is 5.88. The van der Waals surface area contributed by atoms with Crippen molar-refractivity contribution in [2.75, 3.05) is 7.05 Å². The maximum atomic E-state index is 12.1. The number of alkyl halides is 2. The van der Waals surface area contributed by atoms with E-state index in [-0.39, 0.29) is 11.8 Å². The van der Waals surface area contributed by atoms with E-state index in [1.165, 1.54) is 12.1 Å². The fraction of sp³-hybridized carbons (Fsp3) is 0.500. The van der Waals surface area contributed by atoms with Gasteiger partial charge in [0.05, 0.1) is 0 Å². The number of rotatable bonds is 7. The van der Waals surface area contributed by atoms with Crippen LogP contribution in [0.1, 0.15) is 31.9 Å². The number of benzene rings is 1. The van der Waals surface area contributed by atoms with Gasteiger partial charge in [0.15, 0.2) is 0 Å². The number of carbonyl (C=O) groups is 1.